The number of allylic oxidation sites excluding steroid dienone is 1. The number of anilines is 1. The predicted octanol–water partition coefficient (Wildman–Crippen LogP) is 6.81. The first-order valence-electron chi connectivity index (χ1n) is 12.5. The monoisotopic (exact) mass is 493 g/mol. The van der Waals surface area contributed by atoms with Crippen LogP contribution in [0.25, 0.3) is 6.08 Å². The minimum Gasteiger partial charge on any atom is -0.494 e. The molecule has 1 amide bonds. The van der Waals surface area contributed by atoms with Crippen molar-refractivity contribution >= 4 is 41.1 Å². The number of hydrazone groups is 1. The summed E-state index contributed by atoms with van der Waals surface area (Å²) in [6.07, 6.45) is 7.08. The lowest BCUT2D eigenvalue weighted by Gasteiger charge is -2.12. The van der Waals surface area contributed by atoms with Crippen molar-refractivity contribution in [2.45, 2.75) is 33.6 Å². The van der Waals surface area contributed by atoms with Gasteiger partial charge in [-0.25, -0.2) is 0 Å². The number of ether oxygens (including phenoxy) is 1. The molecule has 3 aromatic carbocycles. The van der Waals surface area contributed by atoms with Crippen molar-refractivity contribution in [1.29, 1.82) is 0 Å². The fraction of sp³-hybridized carbons (Fsp3) is 0.226. The first kappa shape index (κ1) is 25.8. The minimum atomic E-state index is -0.519. The highest BCUT2D eigenvalue weighted by Crippen LogP contribution is 2.24. The number of aryl methyl sites for hydroxylation is 1. The number of hydrogen-bond acceptors (Lipinski definition) is 5. The summed E-state index contributed by atoms with van der Waals surface area (Å²) in [5, 5.41) is 5.84. The number of aliphatic imine (C=N–C) groups is 1. The predicted molar refractivity (Wildman–Crippen MR) is 150 cm³/mol. The van der Waals surface area contributed by atoms with Crippen molar-refractivity contribution < 1.29 is 14.3 Å². The second-order valence-electron chi connectivity index (χ2n) is 9.00. The maximum atomic E-state index is 12.9. The first-order valence-corrected chi connectivity index (χ1v) is 12.5. The van der Waals surface area contributed by atoms with Crippen molar-refractivity contribution in [2.24, 2.45) is 16.0 Å². The number of benzene rings is 3. The van der Waals surface area contributed by atoms with E-state index in [1.165, 1.54) is 5.01 Å². The van der Waals surface area contributed by atoms with E-state index in [1.807, 2.05) is 62.4 Å². The fourth-order valence-corrected chi connectivity index (χ4v) is 3.77. The molecule has 0 saturated carbocycles. The van der Waals surface area contributed by atoms with Gasteiger partial charge in [0.15, 0.2) is 5.78 Å². The summed E-state index contributed by atoms with van der Waals surface area (Å²) in [7, 11) is 0. The van der Waals surface area contributed by atoms with E-state index < -0.39 is 5.92 Å². The lowest BCUT2D eigenvalue weighted by molar-refractivity contribution is -0.118. The highest BCUT2D eigenvalue weighted by Gasteiger charge is 2.33. The van der Waals surface area contributed by atoms with Gasteiger partial charge in [-0.05, 0) is 80.4 Å². The summed E-state index contributed by atoms with van der Waals surface area (Å²) in [6, 6.07) is 22.4. The lowest BCUT2D eigenvalue weighted by Crippen LogP contribution is -2.27. The number of amides is 1. The zero-order chi connectivity index (χ0) is 26.2. The van der Waals surface area contributed by atoms with Gasteiger partial charge in [-0.2, -0.15) is 10.1 Å². The molecule has 0 spiro atoms. The van der Waals surface area contributed by atoms with Crippen molar-refractivity contribution in [3.05, 3.63) is 95.6 Å². The maximum Gasteiger partial charge on any atom is 0.261 e. The number of ketones is 1. The normalized spacial score (nSPS) is 15.5. The van der Waals surface area contributed by atoms with E-state index in [0.29, 0.717) is 23.6 Å². The summed E-state index contributed by atoms with van der Waals surface area (Å²) in [4.78, 5) is 30.0. The van der Waals surface area contributed by atoms with Crippen LogP contribution >= 0.6 is 0 Å². The fourth-order valence-electron chi connectivity index (χ4n) is 3.77. The number of carbonyl (C=O) groups is 2. The van der Waals surface area contributed by atoms with Crippen LogP contribution in [0.4, 0.5) is 11.4 Å². The van der Waals surface area contributed by atoms with Crippen LogP contribution in [-0.2, 0) is 4.79 Å². The molecule has 0 saturated heterocycles. The third-order valence-corrected chi connectivity index (χ3v) is 6.06. The van der Waals surface area contributed by atoms with Crippen molar-refractivity contribution in [3.8, 4) is 5.75 Å². The Morgan fingerprint density at radius 3 is 2.38 bits per heavy atom. The van der Waals surface area contributed by atoms with E-state index in [4.69, 9.17) is 4.74 Å². The van der Waals surface area contributed by atoms with Crippen LogP contribution in [0.1, 0.15) is 48.2 Å². The SMILES string of the molecule is CCCCOc1ccc(/C=C/C(=O)c2ccc(N=CC3C(=O)N(c4ccc(C)cc4)N=C3C)cc2)cc1. The number of unbranched alkanes of at least 4 members (excludes halogenated alkanes) is 1. The molecule has 1 aliphatic heterocycles. The second-order valence-corrected chi connectivity index (χ2v) is 9.00. The molecule has 188 valence electrons. The molecule has 6 nitrogen and oxygen atoms in total. The Bertz CT molecular complexity index is 1320. The third-order valence-electron chi connectivity index (χ3n) is 6.06. The van der Waals surface area contributed by atoms with E-state index in [9.17, 15) is 9.59 Å². The van der Waals surface area contributed by atoms with Crippen LogP contribution < -0.4 is 9.75 Å². The van der Waals surface area contributed by atoms with Gasteiger partial charge >= 0.3 is 0 Å². The van der Waals surface area contributed by atoms with Crippen LogP contribution in [-0.4, -0.2) is 30.2 Å². The molecule has 0 radical (unpaired) electrons. The molecule has 3 aromatic rings. The van der Waals surface area contributed by atoms with Crippen LogP contribution in [0.2, 0.25) is 0 Å². The zero-order valence-corrected chi connectivity index (χ0v) is 21.4. The molecule has 1 aliphatic rings. The molecule has 0 bridgehead atoms. The molecule has 0 fully saturated rings. The Morgan fingerprint density at radius 2 is 1.70 bits per heavy atom. The molecular weight excluding hydrogens is 462 g/mol. The average molecular weight is 494 g/mol. The van der Waals surface area contributed by atoms with Crippen molar-refractivity contribution in [3.63, 3.8) is 0 Å². The Hall–Kier alpha value is -4.32. The summed E-state index contributed by atoms with van der Waals surface area (Å²) in [6.45, 7) is 6.66. The number of rotatable bonds is 10. The van der Waals surface area contributed by atoms with Crippen molar-refractivity contribution in [1.82, 2.24) is 0 Å². The summed E-state index contributed by atoms with van der Waals surface area (Å²) in [5.41, 5.74) is 4.69. The van der Waals surface area contributed by atoms with Gasteiger partial charge in [-0.15, -0.1) is 0 Å². The Balaban J connectivity index is 1.34. The van der Waals surface area contributed by atoms with Crippen LogP contribution in [0.5, 0.6) is 5.75 Å². The molecule has 1 heterocycles. The Morgan fingerprint density at radius 1 is 1.00 bits per heavy atom. The lowest BCUT2D eigenvalue weighted by atomic mass is 10.1. The standard InChI is InChI=1S/C31H31N3O3/c1-4-5-20-37-28-17-8-24(9-18-28)10-19-30(35)25-11-13-26(14-12-25)32-21-29-23(3)33-34(31(29)36)27-15-6-22(2)7-16-27/h6-19,21,29H,4-5,20H2,1-3H3/b19-10+,32-21?. The van der Waals surface area contributed by atoms with E-state index in [2.05, 4.69) is 17.0 Å². The number of nitrogens with zero attached hydrogens (tertiary/aromatic N) is 3. The molecule has 0 N–H and O–H groups in total. The van der Waals surface area contributed by atoms with E-state index in [1.54, 1.807) is 42.6 Å². The van der Waals surface area contributed by atoms with Gasteiger partial charge in [0.05, 0.1) is 23.7 Å². The smallest absolute Gasteiger partial charge is 0.261 e. The Labute approximate surface area is 218 Å². The molecule has 37 heavy (non-hydrogen) atoms. The highest BCUT2D eigenvalue weighted by molar-refractivity contribution is 6.23. The minimum absolute atomic E-state index is 0.0958. The van der Waals surface area contributed by atoms with Crippen LogP contribution in [0.3, 0.4) is 0 Å². The van der Waals surface area contributed by atoms with Gasteiger partial charge in [-0.3, -0.25) is 14.6 Å². The number of hydrogen-bond donors (Lipinski definition) is 0. The van der Waals surface area contributed by atoms with Gasteiger partial charge in [0, 0.05) is 11.8 Å². The number of carbonyl (C=O) groups excluding carboxylic acids is 2. The maximum absolute atomic E-state index is 12.9. The summed E-state index contributed by atoms with van der Waals surface area (Å²) < 4.78 is 5.67. The van der Waals surface area contributed by atoms with E-state index in [-0.39, 0.29) is 11.7 Å². The van der Waals surface area contributed by atoms with Crippen molar-refractivity contribution in [2.75, 3.05) is 11.6 Å². The summed E-state index contributed by atoms with van der Waals surface area (Å²) in [5.74, 6) is 0.0785. The van der Waals surface area contributed by atoms with E-state index >= 15 is 0 Å². The topological polar surface area (TPSA) is 71.3 Å². The van der Waals surface area contributed by atoms with Crippen LogP contribution in [0.15, 0.2) is 89.0 Å². The highest BCUT2D eigenvalue weighted by atomic mass is 16.5. The molecule has 0 aromatic heterocycles. The second kappa shape index (κ2) is 12.1. The van der Waals surface area contributed by atoms with Gasteiger partial charge in [0.25, 0.3) is 5.91 Å². The molecule has 0 aliphatic carbocycles. The quantitative estimate of drug-likeness (QED) is 0.135. The molecule has 1 unspecified atom stereocenters. The Kier molecular flexibility index (Phi) is 8.41. The van der Waals surface area contributed by atoms with Gasteiger partial charge < -0.3 is 4.74 Å². The molecule has 4 rings (SSSR count). The van der Waals surface area contributed by atoms with Crippen LogP contribution in [0, 0.1) is 12.8 Å². The molecule has 6 heteroatoms. The summed E-state index contributed by atoms with van der Waals surface area (Å²) >= 11 is 0. The third kappa shape index (κ3) is 6.67. The molecule has 1 atom stereocenters. The average Bonchev–Trinajstić information content (AvgIpc) is 3.20. The van der Waals surface area contributed by atoms with Gasteiger partial charge in [-0.1, -0.05) is 49.2 Å². The zero-order valence-electron chi connectivity index (χ0n) is 21.4. The van der Waals surface area contributed by atoms with Gasteiger partial charge in [0.1, 0.15) is 11.7 Å². The molecular formula is C31H31N3O3. The first-order chi connectivity index (χ1) is 17.9. The largest absolute Gasteiger partial charge is 0.494 e. The van der Waals surface area contributed by atoms with Gasteiger partial charge in [0.2, 0.25) is 0 Å². The van der Waals surface area contributed by atoms with E-state index in [0.717, 1.165) is 35.4 Å².